The van der Waals surface area contributed by atoms with E-state index >= 15 is 0 Å². The maximum Gasteiger partial charge on any atom is 0.303 e. The molecular weight excluding hydrogens is 384 g/mol. The summed E-state index contributed by atoms with van der Waals surface area (Å²) in [6.07, 6.45) is 16.9. The number of Topliss-reactive ketones (excluding diaryl/α,β-unsaturated/α-hetero) is 1. The normalized spacial score (nSPS) is 23.5. The van der Waals surface area contributed by atoms with Crippen LogP contribution in [0.4, 0.5) is 0 Å². The molecule has 1 fully saturated rings. The van der Waals surface area contributed by atoms with Crippen LogP contribution in [0.2, 0.25) is 0 Å². The third-order valence-corrected chi connectivity index (χ3v) is 5.37. The lowest BCUT2D eigenvalue weighted by Crippen LogP contribution is -2.26. The molecule has 4 atom stereocenters. The summed E-state index contributed by atoms with van der Waals surface area (Å²) in [5.41, 5.74) is -1.22. The Morgan fingerprint density at radius 1 is 1.30 bits per heavy atom. The fourth-order valence-electron chi connectivity index (χ4n) is 3.69. The molecule has 2 unspecified atom stereocenters. The van der Waals surface area contributed by atoms with Crippen molar-refractivity contribution in [1.82, 2.24) is 0 Å². The van der Waals surface area contributed by atoms with E-state index < -0.39 is 23.6 Å². The monoisotopic (exact) mass is 418 g/mol. The Labute approximate surface area is 179 Å². The van der Waals surface area contributed by atoms with Crippen molar-refractivity contribution in [3.8, 4) is 12.3 Å². The smallest absolute Gasteiger partial charge is 0.303 e. The maximum absolute atomic E-state index is 12.5. The first kappa shape index (κ1) is 25.6. The molecule has 1 aliphatic rings. The molecule has 6 nitrogen and oxygen atoms in total. The predicted octanol–water partition coefficient (Wildman–Crippen LogP) is 3.83. The van der Waals surface area contributed by atoms with Gasteiger partial charge in [0.05, 0.1) is 0 Å². The summed E-state index contributed by atoms with van der Waals surface area (Å²) in [6.45, 7) is 3.35. The van der Waals surface area contributed by atoms with Crippen LogP contribution >= 0.6 is 0 Å². The number of esters is 1. The van der Waals surface area contributed by atoms with Gasteiger partial charge in [0, 0.05) is 38.0 Å². The summed E-state index contributed by atoms with van der Waals surface area (Å²) in [7, 11) is 0. The van der Waals surface area contributed by atoms with Crippen molar-refractivity contribution in [3.63, 3.8) is 0 Å². The topological polar surface area (TPSA) is 101 Å². The lowest BCUT2D eigenvalue weighted by Gasteiger charge is -2.22. The van der Waals surface area contributed by atoms with E-state index in [0.29, 0.717) is 25.7 Å². The number of aliphatic hydroxyl groups is 1. The molecule has 0 saturated heterocycles. The fraction of sp³-hybridized carbons (Fsp3) is 0.625. The standard InChI is InChI=1S/C24H34O6/c1-4-6-15-24(29,5-2)16-11-13-20-19(12-9-7-8-10-14-23(27)28)21(26)17-22(20)30-18(3)25/h2,7,9,11,13,19-20,22,29H,4,6,8,10,12,14-17H2,1,3H3,(H,27,28)/b9-7-,13-11+/t19-,20-,22?,24?/m1/s1. The number of hydrogen-bond acceptors (Lipinski definition) is 5. The van der Waals surface area contributed by atoms with Crippen LogP contribution in [0.25, 0.3) is 0 Å². The Morgan fingerprint density at radius 3 is 2.63 bits per heavy atom. The Kier molecular flexibility index (Phi) is 11.1. The number of ether oxygens (including phenoxy) is 1. The summed E-state index contributed by atoms with van der Waals surface area (Å²) < 4.78 is 5.37. The minimum absolute atomic E-state index is 0.0317. The second kappa shape index (κ2) is 13.0. The average molecular weight is 419 g/mol. The average Bonchev–Trinajstić information content (AvgIpc) is 2.96. The number of rotatable bonds is 13. The number of aliphatic carboxylic acids is 1. The zero-order chi connectivity index (χ0) is 22.6. The van der Waals surface area contributed by atoms with Crippen molar-refractivity contribution in [3.05, 3.63) is 24.3 Å². The van der Waals surface area contributed by atoms with Gasteiger partial charge in [-0.25, -0.2) is 0 Å². The second-order valence-electron chi connectivity index (χ2n) is 7.91. The molecule has 6 heteroatoms. The van der Waals surface area contributed by atoms with Crippen molar-refractivity contribution in [1.29, 1.82) is 0 Å². The van der Waals surface area contributed by atoms with Gasteiger partial charge in [-0.3, -0.25) is 14.4 Å². The first-order valence-corrected chi connectivity index (χ1v) is 10.7. The number of terminal acetylenes is 1. The van der Waals surface area contributed by atoms with E-state index in [4.69, 9.17) is 16.3 Å². The molecule has 166 valence electrons. The van der Waals surface area contributed by atoms with E-state index in [1.54, 1.807) is 6.08 Å². The van der Waals surface area contributed by atoms with Crippen LogP contribution in [0.15, 0.2) is 24.3 Å². The molecule has 0 heterocycles. The van der Waals surface area contributed by atoms with Gasteiger partial charge in [-0.2, -0.15) is 0 Å². The highest BCUT2D eigenvalue weighted by Crippen LogP contribution is 2.36. The van der Waals surface area contributed by atoms with Crippen LogP contribution in [0.5, 0.6) is 0 Å². The first-order chi connectivity index (χ1) is 14.2. The van der Waals surface area contributed by atoms with Gasteiger partial charge in [0.1, 0.15) is 17.5 Å². The predicted molar refractivity (Wildman–Crippen MR) is 114 cm³/mol. The van der Waals surface area contributed by atoms with Crippen LogP contribution < -0.4 is 0 Å². The van der Waals surface area contributed by atoms with Gasteiger partial charge >= 0.3 is 11.9 Å². The molecule has 2 N–H and O–H groups in total. The van der Waals surface area contributed by atoms with Crippen LogP contribution in [0.1, 0.15) is 71.6 Å². The quantitative estimate of drug-likeness (QED) is 0.204. The second-order valence-corrected chi connectivity index (χ2v) is 7.91. The summed E-state index contributed by atoms with van der Waals surface area (Å²) in [4.78, 5) is 34.5. The summed E-state index contributed by atoms with van der Waals surface area (Å²) >= 11 is 0. The van der Waals surface area contributed by atoms with E-state index in [-0.39, 0.29) is 36.9 Å². The van der Waals surface area contributed by atoms with Gasteiger partial charge in [0.25, 0.3) is 0 Å². The number of allylic oxidation sites excluding steroid dienone is 2. The summed E-state index contributed by atoms with van der Waals surface area (Å²) in [5.74, 6) is 0.636. The van der Waals surface area contributed by atoms with Gasteiger partial charge in [-0.15, -0.1) is 6.42 Å². The fourth-order valence-corrected chi connectivity index (χ4v) is 3.69. The van der Waals surface area contributed by atoms with E-state index in [1.807, 2.05) is 25.2 Å². The highest BCUT2D eigenvalue weighted by molar-refractivity contribution is 5.85. The van der Waals surface area contributed by atoms with Crippen molar-refractivity contribution in [2.24, 2.45) is 11.8 Å². The SMILES string of the molecule is C#CC(O)(C/C=C/[C@H]1C(OC(C)=O)CC(=O)[C@@H]1C/C=C\CCCC(=O)O)CCCC. The Balaban J connectivity index is 2.80. The van der Waals surface area contributed by atoms with E-state index in [1.165, 1.54) is 6.92 Å². The number of ketones is 1. The minimum Gasteiger partial charge on any atom is -0.481 e. The summed E-state index contributed by atoms with van der Waals surface area (Å²) in [5, 5.41) is 19.2. The van der Waals surface area contributed by atoms with Crippen molar-refractivity contribution >= 4 is 17.7 Å². The highest BCUT2D eigenvalue weighted by atomic mass is 16.5. The van der Waals surface area contributed by atoms with Gasteiger partial charge in [-0.05, 0) is 32.1 Å². The van der Waals surface area contributed by atoms with E-state index in [2.05, 4.69) is 5.92 Å². The molecule has 1 saturated carbocycles. The molecule has 0 aromatic heterocycles. The van der Waals surface area contributed by atoms with Crippen LogP contribution in [-0.2, 0) is 19.1 Å². The minimum atomic E-state index is -1.22. The molecular formula is C24H34O6. The number of unbranched alkanes of at least 4 members (excludes halogenated alkanes) is 2. The number of carboxylic acid groups (broad SMARTS) is 1. The highest BCUT2D eigenvalue weighted by Gasteiger charge is 2.42. The Bertz CT molecular complexity index is 686. The lowest BCUT2D eigenvalue weighted by atomic mass is 9.88. The third kappa shape index (κ3) is 8.96. The summed E-state index contributed by atoms with van der Waals surface area (Å²) in [6, 6.07) is 0. The first-order valence-electron chi connectivity index (χ1n) is 10.7. The maximum atomic E-state index is 12.5. The Morgan fingerprint density at radius 2 is 2.03 bits per heavy atom. The Hall–Kier alpha value is -2.39. The molecule has 0 radical (unpaired) electrons. The van der Waals surface area contributed by atoms with Gasteiger partial charge in [0.15, 0.2) is 0 Å². The zero-order valence-electron chi connectivity index (χ0n) is 18.0. The van der Waals surface area contributed by atoms with Crippen LogP contribution in [0, 0.1) is 24.2 Å². The van der Waals surface area contributed by atoms with Crippen molar-refractivity contribution < 1.29 is 29.3 Å². The van der Waals surface area contributed by atoms with Crippen LogP contribution in [0.3, 0.4) is 0 Å². The van der Waals surface area contributed by atoms with E-state index in [0.717, 1.165) is 12.8 Å². The van der Waals surface area contributed by atoms with Crippen molar-refractivity contribution in [2.45, 2.75) is 83.3 Å². The van der Waals surface area contributed by atoms with E-state index in [9.17, 15) is 19.5 Å². The van der Waals surface area contributed by atoms with Gasteiger partial charge < -0.3 is 14.9 Å². The number of hydrogen-bond donors (Lipinski definition) is 2. The molecule has 30 heavy (non-hydrogen) atoms. The molecule has 0 spiro atoms. The number of carbonyl (C=O) groups is 3. The molecule has 0 aliphatic heterocycles. The number of carboxylic acids is 1. The molecule has 1 aliphatic carbocycles. The zero-order valence-corrected chi connectivity index (χ0v) is 18.0. The van der Waals surface area contributed by atoms with Crippen molar-refractivity contribution in [2.75, 3.05) is 0 Å². The largest absolute Gasteiger partial charge is 0.481 e. The molecule has 0 aromatic rings. The lowest BCUT2D eigenvalue weighted by molar-refractivity contribution is -0.147. The van der Waals surface area contributed by atoms with Crippen LogP contribution in [-0.4, -0.2) is 39.6 Å². The molecule has 0 bridgehead atoms. The molecule has 1 rings (SSSR count). The third-order valence-electron chi connectivity index (χ3n) is 5.37. The van der Waals surface area contributed by atoms with Gasteiger partial charge in [0.2, 0.25) is 0 Å². The molecule has 0 amide bonds. The number of carbonyl (C=O) groups excluding carboxylic acids is 2. The van der Waals surface area contributed by atoms with Gasteiger partial charge in [-0.1, -0.05) is 43.6 Å². The molecule has 0 aromatic carbocycles.